The number of halogens is 1. The van der Waals surface area contributed by atoms with Crippen molar-refractivity contribution in [2.45, 2.75) is 25.5 Å². The Morgan fingerprint density at radius 2 is 2.15 bits per heavy atom. The lowest BCUT2D eigenvalue weighted by molar-refractivity contribution is 0.0274. The Morgan fingerprint density at radius 1 is 1.35 bits per heavy atom. The van der Waals surface area contributed by atoms with Gasteiger partial charge in [-0.2, -0.15) is 0 Å². The number of nitrogens with zero attached hydrogens (tertiary/aromatic N) is 2. The fraction of sp³-hybridized carbons (Fsp3) is 0.438. The summed E-state index contributed by atoms with van der Waals surface area (Å²) >= 11 is 0. The minimum atomic E-state index is -0.221. The molecule has 1 fully saturated rings. The number of hydrogen-bond donors (Lipinski definition) is 1. The van der Waals surface area contributed by atoms with Crippen molar-refractivity contribution in [2.24, 2.45) is 5.92 Å². The van der Waals surface area contributed by atoms with E-state index < -0.39 is 0 Å². The van der Waals surface area contributed by atoms with Gasteiger partial charge in [-0.25, -0.2) is 4.39 Å². The van der Waals surface area contributed by atoms with E-state index in [2.05, 4.69) is 16.9 Å². The molecule has 0 aliphatic heterocycles. The third-order valence-electron chi connectivity index (χ3n) is 4.02. The summed E-state index contributed by atoms with van der Waals surface area (Å²) in [5.74, 6) is 0.358. The minimum absolute atomic E-state index is 0.110. The van der Waals surface area contributed by atoms with Gasteiger partial charge in [-0.15, -0.1) is 0 Å². The number of aromatic nitrogens is 1. The molecule has 1 aliphatic carbocycles. The Bertz CT molecular complexity index is 610. The Kier molecular flexibility index (Phi) is 3.68. The predicted octanol–water partition coefficient (Wildman–Crippen LogP) is 2.58. The van der Waals surface area contributed by atoms with E-state index in [1.54, 1.807) is 18.3 Å². The van der Waals surface area contributed by atoms with Gasteiger partial charge in [0.15, 0.2) is 0 Å². The molecule has 3 rings (SSSR count). The molecule has 4 heteroatoms. The molecule has 1 saturated carbocycles. The Morgan fingerprint density at radius 3 is 2.90 bits per heavy atom. The number of benzene rings is 1. The number of aliphatic hydroxyl groups excluding tert-OH is 1. The second kappa shape index (κ2) is 5.46. The Labute approximate surface area is 118 Å². The van der Waals surface area contributed by atoms with E-state index in [-0.39, 0.29) is 11.9 Å². The van der Waals surface area contributed by atoms with Crippen molar-refractivity contribution in [1.82, 2.24) is 9.88 Å². The number of hydrogen-bond acceptors (Lipinski definition) is 3. The average Bonchev–Trinajstić information content (AvgIpc) is 2.41. The third kappa shape index (κ3) is 2.67. The summed E-state index contributed by atoms with van der Waals surface area (Å²) in [6.07, 6.45) is 3.38. The normalized spacial score (nSPS) is 22.2. The molecule has 0 unspecified atom stereocenters. The van der Waals surface area contributed by atoms with Crippen LogP contribution >= 0.6 is 0 Å². The van der Waals surface area contributed by atoms with Crippen molar-refractivity contribution in [3.63, 3.8) is 0 Å². The van der Waals surface area contributed by atoms with E-state index in [0.717, 1.165) is 37.0 Å². The van der Waals surface area contributed by atoms with E-state index in [0.29, 0.717) is 11.3 Å². The zero-order valence-corrected chi connectivity index (χ0v) is 11.6. The van der Waals surface area contributed by atoms with Crippen molar-refractivity contribution < 1.29 is 9.50 Å². The number of fused-ring (bicyclic) bond motifs is 1. The quantitative estimate of drug-likeness (QED) is 0.931. The first-order valence-electron chi connectivity index (χ1n) is 7.02. The highest BCUT2D eigenvalue weighted by molar-refractivity contribution is 5.82. The van der Waals surface area contributed by atoms with E-state index >= 15 is 0 Å². The lowest BCUT2D eigenvalue weighted by Gasteiger charge is -2.34. The van der Waals surface area contributed by atoms with Gasteiger partial charge in [-0.3, -0.25) is 4.98 Å². The molecule has 0 saturated heterocycles. The molecule has 0 spiro atoms. The van der Waals surface area contributed by atoms with E-state index in [9.17, 15) is 9.50 Å². The molecule has 0 atom stereocenters. The summed E-state index contributed by atoms with van der Waals surface area (Å²) in [7, 11) is 2.06. The molecular weight excluding hydrogens is 255 g/mol. The lowest BCUT2D eigenvalue weighted by atomic mass is 9.82. The molecule has 1 aromatic carbocycles. The van der Waals surface area contributed by atoms with Gasteiger partial charge >= 0.3 is 0 Å². The number of aliphatic hydroxyl groups is 1. The smallest absolute Gasteiger partial charge is 0.132 e. The highest BCUT2D eigenvalue weighted by Crippen LogP contribution is 2.28. The van der Waals surface area contributed by atoms with Crippen LogP contribution in [-0.4, -0.2) is 34.7 Å². The average molecular weight is 274 g/mol. The highest BCUT2D eigenvalue weighted by atomic mass is 19.1. The topological polar surface area (TPSA) is 36.4 Å². The van der Waals surface area contributed by atoms with Gasteiger partial charge < -0.3 is 10.0 Å². The van der Waals surface area contributed by atoms with Gasteiger partial charge in [0.2, 0.25) is 0 Å². The second-order valence-electron chi connectivity index (χ2n) is 5.79. The second-order valence-corrected chi connectivity index (χ2v) is 5.79. The highest BCUT2D eigenvalue weighted by Gasteiger charge is 2.27. The standard InChI is InChI=1S/C16H19FN2O/c1-19(9-11-7-13(20)8-11)10-12-4-5-15(17)14-3-2-6-18-16(12)14/h2-6,11,13,20H,7-10H2,1H3. The molecular formula is C16H19FN2O. The molecule has 1 heterocycles. The summed E-state index contributed by atoms with van der Waals surface area (Å²) in [5.41, 5.74) is 1.79. The SMILES string of the molecule is CN(Cc1ccc(F)c2cccnc12)CC1CC(O)C1. The van der Waals surface area contributed by atoms with Crippen LogP contribution in [0.15, 0.2) is 30.5 Å². The first-order chi connectivity index (χ1) is 9.63. The summed E-state index contributed by atoms with van der Waals surface area (Å²) in [5, 5.41) is 9.90. The maximum Gasteiger partial charge on any atom is 0.132 e. The fourth-order valence-corrected chi connectivity index (χ4v) is 2.97. The molecule has 1 aromatic heterocycles. The largest absolute Gasteiger partial charge is 0.393 e. The fourth-order valence-electron chi connectivity index (χ4n) is 2.97. The third-order valence-corrected chi connectivity index (χ3v) is 4.02. The molecule has 0 bridgehead atoms. The van der Waals surface area contributed by atoms with Gasteiger partial charge in [-0.05, 0) is 49.6 Å². The zero-order valence-electron chi connectivity index (χ0n) is 11.6. The Hall–Kier alpha value is -1.52. The number of rotatable bonds is 4. The molecule has 1 N–H and O–H groups in total. The van der Waals surface area contributed by atoms with Crippen LogP contribution in [0.3, 0.4) is 0 Å². The first-order valence-corrected chi connectivity index (χ1v) is 7.02. The molecule has 106 valence electrons. The maximum atomic E-state index is 13.7. The van der Waals surface area contributed by atoms with Crippen molar-refractivity contribution in [3.05, 3.63) is 41.8 Å². The van der Waals surface area contributed by atoms with Crippen LogP contribution in [0.25, 0.3) is 10.9 Å². The minimum Gasteiger partial charge on any atom is -0.393 e. The van der Waals surface area contributed by atoms with Gasteiger partial charge in [0.05, 0.1) is 11.6 Å². The van der Waals surface area contributed by atoms with E-state index in [1.165, 1.54) is 6.07 Å². The Balaban J connectivity index is 1.75. The van der Waals surface area contributed by atoms with Crippen LogP contribution in [0.4, 0.5) is 4.39 Å². The summed E-state index contributed by atoms with van der Waals surface area (Å²) in [6.45, 7) is 1.71. The van der Waals surface area contributed by atoms with Gasteiger partial charge in [0.1, 0.15) is 5.82 Å². The van der Waals surface area contributed by atoms with Crippen molar-refractivity contribution in [3.8, 4) is 0 Å². The zero-order chi connectivity index (χ0) is 14.1. The first kappa shape index (κ1) is 13.5. The maximum absolute atomic E-state index is 13.7. The van der Waals surface area contributed by atoms with Crippen LogP contribution in [0.2, 0.25) is 0 Å². The van der Waals surface area contributed by atoms with Crippen LogP contribution < -0.4 is 0 Å². The molecule has 20 heavy (non-hydrogen) atoms. The molecule has 2 aromatic rings. The van der Waals surface area contributed by atoms with Crippen molar-refractivity contribution in [1.29, 1.82) is 0 Å². The summed E-state index contributed by atoms with van der Waals surface area (Å²) in [6, 6.07) is 6.86. The molecule has 1 aliphatic rings. The summed E-state index contributed by atoms with van der Waals surface area (Å²) < 4.78 is 13.7. The van der Waals surface area contributed by atoms with Gasteiger partial charge in [0, 0.05) is 24.7 Å². The van der Waals surface area contributed by atoms with Crippen LogP contribution in [0, 0.1) is 11.7 Å². The van der Waals surface area contributed by atoms with Crippen LogP contribution in [0.5, 0.6) is 0 Å². The van der Waals surface area contributed by atoms with Gasteiger partial charge in [-0.1, -0.05) is 6.07 Å². The number of pyridine rings is 1. The van der Waals surface area contributed by atoms with Gasteiger partial charge in [0.25, 0.3) is 0 Å². The molecule has 0 radical (unpaired) electrons. The van der Waals surface area contributed by atoms with Crippen LogP contribution in [-0.2, 0) is 6.54 Å². The van der Waals surface area contributed by atoms with E-state index in [4.69, 9.17) is 0 Å². The predicted molar refractivity (Wildman–Crippen MR) is 76.8 cm³/mol. The van der Waals surface area contributed by atoms with Crippen molar-refractivity contribution in [2.75, 3.05) is 13.6 Å². The lowest BCUT2D eigenvalue weighted by Crippen LogP contribution is -2.36. The molecule has 3 nitrogen and oxygen atoms in total. The monoisotopic (exact) mass is 274 g/mol. The molecule has 0 amide bonds. The van der Waals surface area contributed by atoms with Crippen LogP contribution in [0.1, 0.15) is 18.4 Å². The van der Waals surface area contributed by atoms with Crippen molar-refractivity contribution >= 4 is 10.9 Å². The summed E-state index contributed by atoms with van der Waals surface area (Å²) in [4.78, 5) is 6.53. The van der Waals surface area contributed by atoms with E-state index in [1.807, 2.05) is 6.07 Å².